The van der Waals surface area contributed by atoms with Crippen molar-refractivity contribution in [3.63, 3.8) is 0 Å². The molecule has 2 aromatic carbocycles. The Morgan fingerprint density at radius 2 is 1.85 bits per heavy atom. The maximum Gasteiger partial charge on any atom is 0.232 e. The molecule has 0 radical (unpaired) electrons. The van der Waals surface area contributed by atoms with Crippen molar-refractivity contribution >= 4 is 35.0 Å². The lowest BCUT2D eigenvalue weighted by Gasteiger charge is -2.13. The quantitative estimate of drug-likeness (QED) is 0.285. The van der Waals surface area contributed by atoms with Crippen LogP contribution in [-0.2, 0) is 0 Å². The highest BCUT2D eigenvalue weighted by molar-refractivity contribution is 6.32. The maximum atomic E-state index is 9.01. The van der Waals surface area contributed by atoms with E-state index in [0.29, 0.717) is 33.7 Å². The SMILES string of the molecule is C/C(=N\C(=N/c1cnc[nH]1)Nc1ccc(C#N)cc1)Oc1c(C)cc(-c2ccncc2)cc1Cl. The third kappa shape index (κ3) is 5.65. The summed E-state index contributed by atoms with van der Waals surface area (Å²) in [5.41, 5.74) is 4.11. The minimum absolute atomic E-state index is 0.272. The first-order chi connectivity index (χ1) is 16.5. The van der Waals surface area contributed by atoms with Gasteiger partial charge in [0.15, 0.2) is 17.5 Å². The lowest BCUT2D eigenvalue weighted by molar-refractivity contribution is 0.543. The van der Waals surface area contributed by atoms with Crippen molar-refractivity contribution in [2.45, 2.75) is 13.8 Å². The number of benzene rings is 2. The fourth-order valence-corrected chi connectivity index (χ4v) is 3.46. The van der Waals surface area contributed by atoms with Crippen molar-refractivity contribution in [2.24, 2.45) is 9.98 Å². The summed E-state index contributed by atoms with van der Waals surface area (Å²) in [5, 5.41) is 12.6. The van der Waals surface area contributed by atoms with Crippen LogP contribution < -0.4 is 10.1 Å². The predicted octanol–water partition coefficient (Wildman–Crippen LogP) is 5.90. The molecule has 0 amide bonds. The van der Waals surface area contributed by atoms with E-state index in [1.807, 2.05) is 31.2 Å². The van der Waals surface area contributed by atoms with Gasteiger partial charge in [0.05, 0.1) is 29.2 Å². The Bertz CT molecular complexity index is 1350. The van der Waals surface area contributed by atoms with Gasteiger partial charge in [-0.3, -0.25) is 4.98 Å². The van der Waals surface area contributed by atoms with Crippen molar-refractivity contribution in [2.75, 3.05) is 5.32 Å². The fourth-order valence-electron chi connectivity index (χ4n) is 3.15. The minimum Gasteiger partial charge on any atom is -0.441 e. The first-order valence-corrected chi connectivity index (χ1v) is 10.7. The molecule has 4 aromatic rings. The van der Waals surface area contributed by atoms with E-state index >= 15 is 0 Å². The fraction of sp³-hybridized carbons (Fsp3) is 0.0800. The van der Waals surface area contributed by atoms with Crippen molar-refractivity contribution in [3.8, 4) is 22.9 Å². The molecule has 2 heterocycles. The Labute approximate surface area is 201 Å². The van der Waals surface area contributed by atoms with E-state index in [9.17, 15) is 0 Å². The zero-order valence-corrected chi connectivity index (χ0v) is 19.2. The molecule has 9 heteroatoms. The van der Waals surface area contributed by atoms with E-state index in [1.165, 1.54) is 6.33 Å². The number of nitrogens with one attached hydrogen (secondary N) is 2. The van der Waals surface area contributed by atoms with Crippen LogP contribution in [0, 0.1) is 18.3 Å². The number of anilines is 1. The Morgan fingerprint density at radius 1 is 1.09 bits per heavy atom. The van der Waals surface area contributed by atoms with Crippen LogP contribution in [0.1, 0.15) is 18.1 Å². The third-order valence-corrected chi connectivity index (χ3v) is 5.02. The van der Waals surface area contributed by atoms with Crippen LogP contribution in [0.25, 0.3) is 11.1 Å². The molecule has 0 saturated heterocycles. The lowest BCUT2D eigenvalue weighted by Crippen LogP contribution is -2.15. The van der Waals surface area contributed by atoms with Crippen molar-refractivity contribution in [1.29, 1.82) is 5.26 Å². The average Bonchev–Trinajstić information content (AvgIpc) is 3.35. The van der Waals surface area contributed by atoms with E-state index in [4.69, 9.17) is 21.6 Å². The molecule has 2 N–H and O–H groups in total. The normalized spacial score (nSPS) is 11.7. The molecule has 8 nitrogen and oxygen atoms in total. The first kappa shape index (κ1) is 22.7. The molecule has 4 rings (SSSR count). The number of guanidine groups is 1. The summed E-state index contributed by atoms with van der Waals surface area (Å²) in [7, 11) is 0. The first-order valence-electron chi connectivity index (χ1n) is 10.3. The van der Waals surface area contributed by atoms with Crippen LogP contribution in [0.2, 0.25) is 5.02 Å². The Kier molecular flexibility index (Phi) is 6.96. The monoisotopic (exact) mass is 469 g/mol. The number of aryl methyl sites for hydroxylation is 1. The molecule has 0 bridgehead atoms. The van der Waals surface area contributed by atoms with E-state index in [1.54, 1.807) is 49.8 Å². The standard InChI is InChI=1S/C25H20ClN7O/c1-16-11-20(19-7-9-28-10-8-19)12-22(26)24(16)34-17(2)31-25(33-23-14-29-15-30-23)32-21-5-3-18(13-27)4-6-21/h3-12,14-15H,1-2H3,(H,29,30)(H,32,33)/b31-17+. The van der Waals surface area contributed by atoms with Crippen LogP contribution >= 0.6 is 11.6 Å². The van der Waals surface area contributed by atoms with Gasteiger partial charge in [-0.15, -0.1) is 0 Å². The number of H-pyrrole nitrogens is 1. The number of imidazole rings is 1. The van der Waals surface area contributed by atoms with Gasteiger partial charge in [0.25, 0.3) is 0 Å². The number of hydrogen-bond acceptors (Lipinski definition) is 5. The van der Waals surface area contributed by atoms with E-state index < -0.39 is 0 Å². The number of halogens is 1. The molecule has 168 valence electrons. The van der Waals surface area contributed by atoms with E-state index in [-0.39, 0.29) is 5.96 Å². The van der Waals surface area contributed by atoms with Crippen LogP contribution in [0.4, 0.5) is 11.5 Å². The molecule has 2 aromatic heterocycles. The second-order valence-electron chi connectivity index (χ2n) is 7.26. The predicted molar refractivity (Wildman–Crippen MR) is 134 cm³/mol. The number of aromatic nitrogens is 3. The molecule has 0 atom stereocenters. The molecule has 0 spiro atoms. The number of rotatable bonds is 4. The van der Waals surface area contributed by atoms with Gasteiger partial charge in [-0.05, 0) is 72.1 Å². The lowest BCUT2D eigenvalue weighted by atomic mass is 10.0. The van der Waals surface area contributed by atoms with Gasteiger partial charge in [0.1, 0.15) is 0 Å². The van der Waals surface area contributed by atoms with E-state index in [0.717, 1.165) is 16.7 Å². The van der Waals surface area contributed by atoms with Gasteiger partial charge in [0, 0.05) is 25.0 Å². The zero-order chi connectivity index (χ0) is 23.9. The second-order valence-corrected chi connectivity index (χ2v) is 7.67. The highest BCUT2D eigenvalue weighted by Crippen LogP contribution is 2.34. The summed E-state index contributed by atoms with van der Waals surface area (Å²) in [6, 6.07) is 16.7. The topological polar surface area (TPSA) is 111 Å². The highest BCUT2D eigenvalue weighted by atomic mass is 35.5. The average molecular weight is 470 g/mol. The smallest absolute Gasteiger partial charge is 0.232 e. The van der Waals surface area contributed by atoms with Crippen LogP contribution in [0.3, 0.4) is 0 Å². The van der Waals surface area contributed by atoms with Crippen molar-refractivity contribution in [1.82, 2.24) is 15.0 Å². The Balaban J connectivity index is 1.60. The number of nitrogens with zero attached hydrogens (tertiary/aromatic N) is 5. The minimum atomic E-state index is 0.272. The molecule has 34 heavy (non-hydrogen) atoms. The van der Waals surface area contributed by atoms with Gasteiger partial charge < -0.3 is 15.0 Å². The highest BCUT2D eigenvalue weighted by Gasteiger charge is 2.12. The molecular formula is C25H20ClN7O. The molecule has 0 fully saturated rings. The number of nitriles is 1. The molecular weight excluding hydrogens is 450 g/mol. The maximum absolute atomic E-state index is 9.01. The van der Waals surface area contributed by atoms with Crippen LogP contribution in [0.15, 0.2) is 83.4 Å². The number of aliphatic imine (C=N–C) groups is 2. The van der Waals surface area contributed by atoms with Crippen LogP contribution in [0.5, 0.6) is 5.75 Å². The Hall–Kier alpha value is -4.48. The van der Waals surface area contributed by atoms with E-state index in [2.05, 4.69) is 36.3 Å². The van der Waals surface area contributed by atoms with Crippen molar-refractivity contribution in [3.05, 3.63) is 89.6 Å². The Morgan fingerprint density at radius 3 is 2.50 bits per heavy atom. The zero-order valence-electron chi connectivity index (χ0n) is 18.5. The number of ether oxygens (including phenoxy) is 1. The summed E-state index contributed by atoms with van der Waals surface area (Å²) < 4.78 is 6.01. The summed E-state index contributed by atoms with van der Waals surface area (Å²) in [4.78, 5) is 19.9. The van der Waals surface area contributed by atoms with Gasteiger partial charge in [-0.2, -0.15) is 15.2 Å². The number of aromatic amines is 1. The summed E-state index contributed by atoms with van der Waals surface area (Å²) >= 11 is 6.56. The van der Waals surface area contributed by atoms with Crippen molar-refractivity contribution < 1.29 is 4.74 Å². The molecule has 0 aliphatic rings. The summed E-state index contributed by atoms with van der Waals surface area (Å²) in [6.07, 6.45) is 6.58. The van der Waals surface area contributed by atoms with Gasteiger partial charge in [-0.1, -0.05) is 11.6 Å². The van der Waals surface area contributed by atoms with Gasteiger partial charge >= 0.3 is 0 Å². The molecule has 0 unspecified atom stereocenters. The summed E-state index contributed by atoms with van der Waals surface area (Å²) in [5.74, 6) is 1.64. The summed E-state index contributed by atoms with van der Waals surface area (Å²) in [6.45, 7) is 3.64. The molecule has 0 aliphatic carbocycles. The second kappa shape index (κ2) is 10.4. The van der Waals surface area contributed by atoms with Crippen LogP contribution in [-0.4, -0.2) is 26.8 Å². The largest absolute Gasteiger partial charge is 0.441 e. The molecule has 0 saturated carbocycles. The van der Waals surface area contributed by atoms with Gasteiger partial charge in [0.2, 0.25) is 5.96 Å². The number of pyridine rings is 1. The molecule has 0 aliphatic heterocycles. The van der Waals surface area contributed by atoms with Gasteiger partial charge in [-0.25, -0.2) is 4.98 Å². The third-order valence-electron chi connectivity index (χ3n) is 4.74. The number of hydrogen-bond donors (Lipinski definition) is 2.